The fraction of sp³-hybridized carbons (Fsp3) is 0. The topological polar surface area (TPSA) is 0 Å². The van der Waals surface area contributed by atoms with Crippen LogP contribution in [0.4, 0.5) is 0 Å². The summed E-state index contributed by atoms with van der Waals surface area (Å²) in [6.45, 7) is 0. The molecule has 0 unspecified atom stereocenters. The van der Waals surface area contributed by atoms with Crippen molar-refractivity contribution < 1.29 is 8.46 Å². The number of benzene rings is 6. The summed E-state index contributed by atoms with van der Waals surface area (Å²) >= 11 is 4.55. The van der Waals surface area contributed by atoms with E-state index < -0.39 is 15.8 Å². The van der Waals surface area contributed by atoms with E-state index in [0.29, 0.717) is 0 Å². The van der Waals surface area contributed by atoms with Crippen LogP contribution in [0.3, 0.4) is 0 Å². The maximum absolute atomic E-state index is 2.28. The van der Waals surface area contributed by atoms with Crippen molar-refractivity contribution in [3.8, 4) is 0 Å². The summed E-state index contributed by atoms with van der Waals surface area (Å²) < 4.78 is 0. The van der Waals surface area contributed by atoms with E-state index in [2.05, 4.69) is 223 Å². The van der Waals surface area contributed by atoms with E-state index in [1.807, 2.05) is 0 Å². The third-order valence-electron chi connectivity index (χ3n) is 6.09. The minimum absolute atomic E-state index is 0.446. The van der Waals surface area contributed by atoms with Gasteiger partial charge in [0.15, 0.2) is 0 Å². The zero-order valence-corrected chi connectivity index (χ0v) is 29.5. The molecular formula is C36H30FeI2P2. The molecule has 6 aromatic carbocycles. The van der Waals surface area contributed by atoms with Gasteiger partial charge < -0.3 is 0 Å². The molecule has 6 rings (SSSR count). The van der Waals surface area contributed by atoms with Crippen LogP contribution < -0.4 is 31.8 Å². The number of halogens is 2. The van der Waals surface area contributed by atoms with Crippen LogP contribution in [-0.2, 0) is 8.46 Å². The van der Waals surface area contributed by atoms with Gasteiger partial charge in [-0.25, -0.2) is 0 Å². The molecule has 0 N–H and O–H groups in total. The van der Waals surface area contributed by atoms with Gasteiger partial charge in [-0.3, -0.25) is 0 Å². The van der Waals surface area contributed by atoms with Crippen LogP contribution in [0.5, 0.6) is 0 Å². The Morgan fingerprint density at radius 1 is 0.268 bits per heavy atom. The molecule has 0 aliphatic carbocycles. The second kappa shape index (κ2) is 18.6. The molecule has 5 heteroatoms. The van der Waals surface area contributed by atoms with E-state index in [0.717, 1.165) is 0 Å². The Balaban J connectivity index is 0.000000173. The molecule has 0 aliphatic heterocycles. The van der Waals surface area contributed by atoms with Gasteiger partial charge >= 0.3 is 49.1 Å². The molecule has 0 fully saturated rings. The smallest absolute Gasteiger partial charge is 0.0134 e. The summed E-state index contributed by atoms with van der Waals surface area (Å²) in [6.07, 6.45) is 0. The molecule has 0 bridgehead atoms. The van der Waals surface area contributed by atoms with Crippen LogP contribution in [0.15, 0.2) is 182 Å². The zero-order valence-electron chi connectivity index (χ0n) is 22.3. The third-order valence-corrected chi connectivity index (χ3v) is 11.0. The summed E-state index contributed by atoms with van der Waals surface area (Å²) in [5.41, 5.74) is 0. The van der Waals surface area contributed by atoms with Gasteiger partial charge in [0.2, 0.25) is 0 Å². The van der Waals surface area contributed by atoms with E-state index in [1.54, 1.807) is 0 Å². The van der Waals surface area contributed by atoms with Gasteiger partial charge in [-0.15, -0.1) is 0 Å². The second-order valence-corrected chi connectivity index (χ2v) is 22.5. The quantitative estimate of drug-likeness (QED) is 0.0897. The standard InChI is InChI=1S/2C18H15P.Fe.2HI/c2*1-4-10-16(11-5-1)19(17-12-6-2-7-13-17)18-14-8-3-9-15-18;;;/h2*1-15H;;2*1H/q;;+2;;/p-2. The maximum atomic E-state index is 2.28. The van der Waals surface area contributed by atoms with Gasteiger partial charge in [-0.05, 0) is 47.7 Å². The van der Waals surface area contributed by atoms with Crippen LogP contribution in [0.2, 0.25) is 0 Å². The Bertz CT molecular complexity index is 1200. The molecule has 0 saturated heterocycles. The average molecular weight is 834 g/mol. The van der Waals surface area contributed by atoms with Crippen molar-refractivity contribution in [1.29, 1.82) is 0 Å². The SMILES string of the molecule is [I][Fe][I].c1ccc(P(c2ccccc2)c2ccccc2)cc1.c1ccc(P(c2ccccc2)c2ccccc2)cc1. The van der Waals surface area contributed by atoms with Crippen LogP contribution in [0.1, 0.15) is 0 Å². The summed E-state index contributed by atoms with van der Waals surface area (Å²) in [7, 11) is 0.298. The minimum atomic E-state index is -0.446. The number of rotatable bonds is 6. The van der Waals surface area contributed by atoms with Crippen molar-refractivity contribution in [1.82, 2.24) is 0 Å². The molecule has 206 valence electrons. The summed E-state index contributed by atoms with van der Waals surface area (Å²) in [6, 6.07) is 64.7. The fourth-order valence-electron chi connectivity index (χ4n) is 4.36. The van der Waals surface area contributed by atoms with E-state index in [-0.39, 0.29) is 0 Å². The van der Waals surface area contributed by atoms with E-state index in [9.17, 15) is 0 Å². The van der Waals surface area contributed by atoms with Crippen LogP contribution in [-0.4, -0.2) is 0 Å². The molecule has 0 saturated carbocycles. The molecular weight excluding hydrogens is 804 g/mol. The maximum Gasteiger partial charge on any atom is -0.0134 e. The largest absolute Gasteiger partial charge is 0.0622 e. The molecule has 0 amide bonds. The van der Waals surface area contributed by atoms with Crippen molar-refractivity contribution in [2.45, 2.75) is 0 Å². The fourth-order valence-corrected chi connectivity index (χ4v) is 8.97. The first kappa shape index (κ1) is 32.1. The van der Waals surface area contributed by atoms with Gasteiger partial charge in [-0.2, -0.15) is 0 Å². The number of hydrogen-bond acceptors (Lipinski definition) is 0. The predicted octanol–water partition coefficient (Wildman–Crippen LogP) is 8.66. The van der Waals surface area contributed by atoms with Crippen molar-refractivity contribution in [2.24, 2.45) is 0 Å². The van der Waals surface area contributed by atoms with E-state index in [1.165, 1.54) is 40.3 Å². The van der Waals surface area contributed by atoms with E-state index in [4.69, 9.17) is 0 Å². The van der Waals surface area contributed by atoms with Crippen LogP contribution >= 0.6 is 56.5 Å². The normalized spacial score (nSPS) is 10.3. The van der Waals surface area contributed by atoms with Crippen molar-refractivity contribution in [2.75, 3.05) is 0 Å². The van der Waals surface area contributed by atoms with Crippen LogP contribution in [0.25, 0.3) is 0 Å². The molecule has 0 heterocycles. The molecule has 6 aromatic rings. The molecule has 0 atom stereocenters. The Morgan fingerprint density at radius 2 is 0.390 bits per heavy atom. The Morgan fingerprint density at radius 3 is 0.512 bits per heavy atom. The van der Waals surface area contributed by atoms with Gasteiger partial charge in [0, 0.05) is 0 Å². The molecule has 0 spiro atoms. The predicted molar refractivity (Wildman–Crippen MR) is 198 cm³/mol. The molecule has 41 heavy (non-hydrogen) atoms. The van der Waals surface area contributed by atoms with Crippen LogP contribution in [0, 0.1) is 0 Å². The van der Waals surface area contributed by atoms with Gasteiger partial charge in [0.1, 0.15) is 0 Å². The van der Waals surface area contributed by atoms with Crippen molar-refractivity contribution in [3.63, 3.8) is 0 Å². The first-order valence-corrected chi connectivity index (χ1v) is 22.9. The molecule has 0 nitrogen and oxygen atoms in total. The molecule has 0 aliphatic rings. The Kier molecular flexibility index (Phi) is 14.6. The Hall–Kier alpha value is -1.84. The first-order valence-electron chi connectivity index (χ1n) is 13.1. The summed E-state index contributed by atoms with van der Waals surface area (Å²) in [5.74, 6) is 0. The number of hydrogen-bond donors (Lipinski definition) is 0. The first-order chi connectivity index (χ1) is 20.3. The molecule has 0 aromatic heterocycles. The molecule has 0 radical (unpaired) electrons. The summed E-state index contributed by atoms with van der Waals surface area (Å²) in [4.78, 5) is 0. The van der Waals surface area contributed by atoms with Gasteiger partial charge in [-0.1, -0.05) is 182 Å². The zero-order chi connectivity index (χ0) is 28.5. The van der Waals surface area contributed by atoms with E-state index >= 15 is 0 Å². The third kappa shape index (κ3) is 10.1. The van der Waals surface area contributed by atoms with Gasteiger partial charge in [0.25, 0.3) is 0 Å². The minimum Gasteiger partial charge on any atom is -0.0622 e. The Labute approximate surface area is 276 Å². The average Bonchev–Trinajstić information content (AvgIpc) is 3.05. The van der Waals surface area contributed by atoms with Crippen molar-refractivity contribution >= 4 is 88.4 Å². The van der Waals surface area contributed by atoms with Gasteiger partial charge in [0.05, 0.1) is 0 Å². The second-order valence-electron chi connectivity index (χ2n) is 8.73. The summed E-state index contributed by atoms with van der Waals surface area (Å²) in [5, 5.41) is 8.39. The monoisotopic (exact) mass is 834 g/mol. The van der Waals surface area contributed by atoms with Crippen molar-refractivity contribution in [3.05, 3.63) is 182 Å².